The summed E-state index contributed by atoms with van der Waals surface area (Å²) in [5.74, 6) is -0.155. The standard InChI is InChI=1S/C15H19N3O3/c1-3-21-15(20)17-9-8-16-14(19)12-5-4-6-13-11(12)7-10-18(13)2/h4-7,10H,3,8-9H2,1-2H3,(H,16,19)(H,17,20). The van der Waals surface area contributed by atoms with Crippen molar-refractivity contribution < 1.29 is 14.3 Å². The summed E-state index contributed by atoms with van der Waals surface area (Å²) in [6.07, 6.45) is 1.45. The van der Waals surface area contributed by atoms with E-state index in [0.717, 1.165) is 10.9 Å². The second kappa shape index (κ2) is 6.78. The van der Waals surface area contributed by atoms with Gasteiger partial charge >= 0.3 is 6.09 Å². The predicted molar refractivity (Wildman–Crippen MR) is 80.3 cm³/mol. The Morgan fingerprint density at radius 3 is 2.71 bits per heavy atom. The van der Waals surface area contributed by atoms with Crippen molar-refractivity contribution in [2.75, 3.05) is 19.7 Å². The summed E-state index contributed by atoms with van der Waals surface area (Å²) in [4.78, 5) is 23.3. The van der Waals surface area contributed by atoms with Crippen LogP contribution in [0.3, 0.4) is 0 Å². The number of fused-ring (bicyclic) bond motifs is 1. The normalized spacial score (nSPS) is 10.4. The number of carbonyl (C=O) groups is 2. The summed E-state index contributed by atoms with van der Waals surface area (Å²) in [5, 5.41) is 6.24. The Balaban J connectivity index is 1.92. The molecule has 1 aromatic carbocycles. The van der Waals surface area contributed by atoms with Crippen LogP contribution in [0.4, 0.5) is 4.79 Å². The molecular formula is C15H19N3O3. The number of aryl methyl sites for hydroxylation is 1. The molecule has 0 atom stereocenters. The van der Waals surface area contributed by atoms with E-state index >= 15 is 0 Å². The molecule has 2 N–H and O–H groups in total. The Kier molecular flexibility index (Phi) is 4.81. The van der Waals surface area contributed by atoms with Crippen molar-refractivity contribution in [2.45, 2.75) is 6.92 Å². The molecule has 2 amide bonds. The van der Waals surface area contributed by atoms with Gasteiger partial charge in [-0.05, 0) is 25.1 Å². The fraction of sp³-hybridized carbons (Fsp3) is 0.333. The molecule has 112 valence electrons. The van der Waals surface area contributed by atoms with Gasteiger partial charge in [-0.1, -0.05) is 6.07 Å². The minimum Gasteiger partial charge on any atom is -0.450 e. The third-order valence-corrected chi connectivity index (χ3v) is 3.13. The van der Waals surface area contributed by atoms with Crippen LogP contribution in [0, 0.1) is 0 Å². The van der Waals surface area contributed by atoms with E-state index in [2.05, 4.69) is 10.6 Å². The maximum Gasteiger partial charge on any atom is 0.407 e. The molecule has 0 radical (unpaired) electrons. The molecule has 0 aliphatic rings. The number of hydrogen-bond donors (Lipinski definition) is 2. The number of hydrogen-bond acceptors (Lipinski definition) is 3. The van der Waals surface area contributed by atoms with Gasteiger partial charge in [-0.15, -0.1) is 0 Å². The van der Waals surface area contributed by atoms with Gasteiger partial charge in [-0.25, -0.2) is 4.79 Å². The molecule has 0 saturated heterocycles. The lowest BCUT2D eigenvalue weighted by atomic mass is 10.1. The summed E-state index contributed by atoms with van der Waals surface area (Å²) < 4.78 is 6.70. The molecule has 2 rings (SSSR count). The van der Waals surface area contributed by atoms with Crippen LogP contribution < -0.4 is 10.6 Å². The minimum absolute atomic E-state index is 0.155. The Morgan fingerprint density at radius 1 is 1.19 bits per heavy atom. The average Bonchev–Trinajstić information content (AvgIpc) is 2.85. The molecule has 0 saturated carbocycles. The minimum atomic E-state index is -0.475. The largest absolute Gasteiger partial charge is 0.450 e. The number of benzene rings is 1. The number of nitrogens with one attached hydrogen (secondary N) is 2. The second-order valence-corrected chi connectivity index (χ2v) is 4.57. The summed E-state index contributed by atoms with van der Waals surface area (Å²) in [6.45, 7) is 2.74. The number of rotatable bonds is 5. The van der Waals surface area contributed by atoms with Crippen molar-refractivity contribution in [3.8, 4) is 0 Å². The van der Waals surface area contributed by atoms with E-state index in [1.165, 1.54) is 0 Å². The van der Waals surface area contributed by atoms with Gasteiger partial charge in [-0.3, -0.25) is 4.79 Å². The molecule has 6 heteroatoms. The number of carbonyl (C=O) groups excluding carboxylic acids is 2. The zero-order chi connectivity index (χ0) is 15.2. The maximum absolute atomic E-state index is 12.2. The first-order valence-corrected chi connectivity index (χ1v) is 6.86. The Labute approximate surface area is 123 Å². The van der Waals surface area contributed by atoms with Gasteiger partial charge in [0.1, 0.15) is 0 Å². The Bertz CT molecular complexity index is 649. The van der Waals surface area contributed by atoms with E-state index < -0.39 is 6.09 Å². The molecule has 0 fully saturated rings. The van der Waals surface area contributed by atoms with Crippen LogP contribution in [0.25, 0.3) is 10.9 Å². The smallest absolute Gasteiger partial charge is 0.407 e. The molecule has 0 bridgehead atoms. The first-order valence-electron chi connectivity index (χ1n) is 6.86. The average molecular weight is 289 g/mol. The number of ether oxygens (including phenoxy) is 1. The molecule has 0 aliphatic heterocycles. The van der Waals surface area contributed by atoms with Crippen LogP contribution >= 0.6 is 0 Å². The molecule has 21 heavy (non-hydrogen) atoms. The molecule has 6 nitrogen and oxygen atoms in total. The van der Waals surface area contributed by atoms with Gasteiger partial charge in [0.05, 0.1) is 6.61 Å². The first-order chi connectivity index (χ1) is 10.1. The molecule has 2 aromatic rings. The van der Waals surface area contributed by atoms with E-state index in [1.54, 1.807) is 13.0 Å². The summed E-state index contributed by atoms with van der Waals surface area (Å²) in [7, 11) is 1.94. The summed E-state index contributed by atoms with van der Waals surface area (Å²) in [6, 6.07) is 7.53. The van der Waals surface area contributed by atoms with Gasteiger partial charge in [0.25, 0.3) is 5.91 Å². The molecular weight excluding hydrogens is 270 g/mol. The Morgan fingerprint density at radius 2 is 1.95 bits per heavy atom. The number of aromatic nitrogens is 1. The zero-order valence-corrected chi connectivity index (χ0v) is 12.2. The third kappa shape index (κ3) is 3.53. The van der Waals surface area contributed by atoms with Crippen molar-refractivity contribution in [1.82, 2.24) is 15.2 Å². The van der Waals surface area contributed by atoms with Crippen molar-refractivity contribution in [3.05, 3.63) is 36.0 Å². The van der Waals surface area contributed by atoms with Crippen LogP contribution in [-0.4, -0.2) is 36.3 Å². The van der Waals surface area contributed by atoms with Gasteiger partial charge in [-0.2, -0.15) is 0 Å². The number of nitrogens with zero attached hydrogens (tertiary/aromatic N) is 1. The van der Waals surface area contributed by atoms with Crippen LogP contribution in [0.2, 0.25) is 0 Å². The van der Waals surface area contributed by atoms with Crippen LogP contribution in [0.1, 0.15) is 17.3 Å². The zero-order valence-electron chi connectivity index (χ0n) is 12.2. The van der Waals surface area contributed by atoms with Crippen molar-refractivity contribution >= 4 is 22.9 Å². The number of alkyl carbamates (subject to hydrolysis) is 1. The van der Waals surface area contributed by atoms with Gasteiger partial charge in [0, 0.05) is 42.8 Å². The summed E-state index contributed by atoms with van der Waals surface area (Å²) >= 11 is 0. The lowest BCUT2D eigenvalue weighted by molar-refractivity contribution is 0.0954. The first kappa shape index (κ1) is 14.9. The van der Waals surface area contributed by atoms with Gasteiger partial charge < -0.3 is 19.9 Å². The SMILES string of the molecule is CCOC(=O)NCCNC(=O)c1cccc2c1ccn2C. The maximum atomic E-state index is 12.2. The third-order valence-electron chi connectivity index (χ3n) is 3.13. The topological polar surface area (TPSA) is 72.4 Å². The van der Waals surface area contributed by atoms with E-state index in [4.69, 9.17) is 4.74 Å². The predicted octanol–water partition coefficient (Wildman–Crippen LogP) is 1.65. The van der Waals surface area contributed by atoms with Gasteiger partial charge in [0.2, 0.25) is 0 Å². The lowest BCUT2D eigenvalue weighted by Gasteiger charge is -2.08. The molecule has 1 aromatic heterocycles. The highest BCUT2D eigenvalue weighted by molar-refractivity contribution is 6.06. The van der Waals surface area contributed by atoms with Crippen molar-refractivity contribution in [1.29, 1.82) is 0 Å². The van der Waals surface area contributed by atoms with E-state index in [9.17, 15) is 9.59 Å². The fourth-order valence-corrected chi connectivity index (χ4v) is 2.12. The highest BCUT2D eigenvalue weighted by Gasteiger charge is 2.10. The lowest BCUT2D eigenvalue weighted by Crippen LogP contribution is -2.35. The number of amides is 2. The quantitative estimate of drug-likeness (QED) is 0.822. The van der Waals surface area contributed by atoms with Crippen molar-refractivity contribution in [2.24, 2.45) is 7.05 Å². The van der Waals surface area contributed by atoms with Gasteiger partial charge in [0.15, 0.2) is 0 Å². The Hall–Kier alpha value is -2.50. The molecule has 0 unspecified atom stereocenters. The van der Waals surface area contributed by atoms with E-state index in [-0.39, 0.29) is 5.91 Å². The van der Waals surface area contributed by atoms with Crippen LogP contribution in [-0.2, 0) is 11.8 Å². The van der Waals surface area contributed by atoms with Crippen LogP contribution in [0.5, 0.6) is 0 Å². The fourth-order valence-electron chi connectivity index (χ4n) is 2.12. The highest BCUT2D eigenvalue weighted by Crippen LogP contribution is 2.19. The highest BCUT2D eigenvalue weighted by atomic mass is 16.5. The molecule has 1 heterocycles. The van der Waals surface area contributed by atoms with Crippen LogP contribution in [0.15, 0.2) is 30.5 Å². The summed E-state index contributed by atoms with van der Waals surface area (Å²) in [5.41, 5.74) is 1.64. The molecule has 0 aliphatic carbocycles. The van der Waals surface area contributed by atoms with E-state index in [1.807, 2.05) is 36.0 Å². The monoisotopic (exact) mass is 289 g/mol. The molecule has 0 spiro atoms. The van der Waals surface area contributed by atoms with E-state index in [0.29, 0.717) is 25.3 Å². The second-order valence-electron chi connectivity index (χ2n) is 4.57. The van der Waals surface area contributed by atoms with Crippen molar-refractivity contribution in [3.63, 3.8) is 0 Å².